The van der Waals surface area contributed by atoms with Crippen molar-refractivity contribution in [1.82, 2.24) is 4.98 Å². The van der Waals surface area contributed by atoms with Crippen molar-refractivity contribution in [2.24, 2.45) is 0 Å². The van der Waals surface area contributed by atoms with Gasteiger partial charge in [0.15, 0.2) is 0 Å². The second-order valence-corrected chi connectivity index (χ2v) is 6.17. The number of anilines is 1. The normalized spacial score (nSPS) is 12.2. The molecule has 5 heteroatoms. The van der Waals surface area contributed by atoms with Crippen molar-refractivity contribution in [3.63, 3.8) is 0 Å². The summed E-state index contributed by atoms with van der Waals surface area (Å²) in [5.41, 5.74) is 3.09. The van der Waals surface area contributed by atoms with E-state index in [2.05, 4.69) is 33.2 Å². The molecule has 0 bridgehead atoms. The minimum atomic E-state index is 0.173. The fourth-order valence-corrected chi connectivity index (χ4v) is 2.73. The fourth-order valence-electron chi connectivity index (χ4n) is 2.02. The molecule has 1 aromatic heterocycles. The molecule has 106 valence electrons. The molecule has 1 unspecified atom stereocenters. The molecule has 0 saturated carbocycles. The Bertz CT molecular complexity index is 617. The molecule has 0 amide bonds. The zero-order valence-electron chi connectivity index (χ0n) is 11.3. The lowest BCUT2D eigenvalue weighted by molar-refractivity contribution is 0.747. The number of halogens is 3. The lowest BCUT2D eigenvalue weighted by Gasteiger charge is -2.20. The molecule has 0 aliphatic carbocycles. The Morgan fingerprint density at radius 2 is 1.95 bits per heavy atom. The van der Waals surface area contributed by atoms with E-state index in [1.54, 1.807) is 0 Å². The highest BCUT2D eigenvalue weighted by Gasteiger charge is 2.12. The monoisotopic (exact) mass is 372 g/mol. The summed E-state index contributed by atoms with van der Waals surface area (Å²) in [5.74, 6) is 0. The second kappa shape index (κ2) is 6.79. The molecule has 0 aliphatic rings. The number of aromatic nitrogens is 1. The summed E-state index contributed by atoms with van der Waals surface area (Å²) in [5, 5.41) is 4.66. The van der Waals surface area contributed by atoms with Crippen molar-refractivity contribution in [3.8, 4) is 0 Å². The van der Waals surface area contributed by atoms with Crippen LogP contribution in [0.3, 0.4) is 0 Å². The summed E-state index contributed by atoms with van der Waals surface area (Å²) < 4.78 is 0.836. The van der Waals surface area contributed by atoms with Gasteiger partial charge in [-0.2, -0.15) is 0 Å². The van der Waals surface area contributed by atoms with E-state index in [4.69, 9.17) is 23.2 Å². The molecule has 2 aromatic rings. The van der Waals surface area contributed by atoms with Crippen LogP contribution in [0.5, 0.6) is 0 Å². The third-order valence-electron chi connectivity index (χ3n) is 3.14. The third kappa shape index (κ3) is 3.66. The van der Waals surface area contributed by atoms with E-state index < -0.39 is 0 Å². The van der Waals surface area contributed by atoms with Gasteiger partial charge in [-0.25, -0.2) is 4.98 Å². The van der Waals surface area contributed by atoms with Gasteiger partial charge in [0.05, 0.1) is 27.5 Å². The topological polar surface area (TPSA) is 24.9 Å². The predicted octanol–water partition coefficient (Wildman–Crippen LogP) is 6.02. The fraction of sp³-hybridized carbons (Fsp3) is 0.267. The van der Waals surface area contributed by atoms with Gasteiger partial charge < -0.3 is 5.32 Å². The van der Waals surface area contributed by atoms with Gasteiger partial charge >= 0.3 is 0 Å². The van der Waals surface area contributed by atoms with Gasteiger partial charge in [0, 0.05) is 0 Å². The Hall–Kier alpha value is -0.770. The molecule has 0 aliphatic heterocycles. The van der Waals surface area contributed by atoms with Crippen molar-refractivity contribution in [2.75, 3.05) is 5.32 Å². The van der Waals surface area contributed by atoms with E-state index in [-0.39, 0.29) is 6.04 Å². The number of pyridine rings is 1. The number of hydrogen-bond donors (Lipinski definition) is 1. The average molecular weight is 374 g/mol. The lowest BCUT2D eigenvalue weighted by Crippen LogP contribution is -2.11. The van der Waals surface area contributed by atoms with E-state index in [0.29, 0.717) is 10.0 Å². The summed E-state index contributed by atoms with van der Waals surface area (Å²) in [6.45, 7) is 4.11. The van der Waals surface area contributed by atoms with Crippen LogP contribution in [0.4, 0.5) is 5.69 Å². The van der Waals surface area contributed by atoms with E-state index in [9.17, 15) is 0 Å². The molecule has 0 saturated heterocycles. The highest BCUT2D eigenvalue weighted by molar-refractivity contribution is 9.10. The number of nitrogens with one attached hydrogen (secondary N) is 1. The highest BCUT2D eigenvalue weighted by atomic mass is 79.9. The maximum Gasteiger partial charge on any atom is 0.106 e. The maximum atomic E-state index is 6.09. The first-order valence-corrected chi connectivity index (χ1v) is 7.90. The van der Waals surface area contributed by atoms with Crippen LogP contribution in [-0.4, -0.2) is 4.98 Å². The van der Waals surface area contributed by atoms with Gasteiger partial charge in [-0.1, -0.05) is 36.2 Å². The van der Waals surface area contributed by atoms with Crippen LogP contribution in [0.2, 0.25) is 10.0 Å². The van der Waals surface area contributed by atoms with Crippen LogP contribution in [0, 0.1) is 6.92 Å². The summed E-state index contributed by atoms with van der Waals surface area (Å²) in [4.78, 5) is 4.39. The molecule has 1 aromatic carbocycles. The van der Waals surface area contributed by atoms with Gasteiger partial charge in [0.2, 0.25) is 0 Å². The Morgan fingerprint density at radius 1 is 1.20 bits per heavy atom. The van der Waals surface area contributed by atoms with Crippen LogP contribution in [-0.2, 0) is 0 Å². The van der Waals surface area contributed by atoms with E-state index in [1.165, 1.54) is 0 Å². The Kier molecular flexibility index (Phi) is 5.30. The minimum absolute atomic E-state index is 0.173. The maximum absolute atomic E-state index is 6.09. The van der Waals surface area contributed by atoms with E-state index in [0.717, 1.165) is 28.0 Å². The molecule has 20 heavy (non-hydrogen) atoms. The number of aryl methyl sites for hydroxylation is 1. The van der Waals surface area contributed by atoms with Gasteiger partial charge in [-0.05, 0) is 59.1 Å². The Morgan fingerprint density at radius 3 is 2.55 bits per heavy atom. The first-order chi connectivity index (χ1) is 9.51. The average Bonchev–Trinajstić information content (AvgIpc) is 2.41. The molecule has 1 heterocycles. The molecule has 0 radical (unpaired) electrons. The van der Waals surface area contributed by atoms with Crippen molar-refractivity contribution in [2.45, 2.75) is 26.3 Å². The zero-order chi connectivity index (χ0) is 14.7. The van der Waals surface area contributed by atoms with Crippen LogP contribution < -0.4 is 5.32 Å². The summed E-state index contributed by atoms with van der Waals surface area (Å²) in [6.07, 6.45) is 0.938. The summed E-state index contributed by atoms with van der Waals surface area (Å²) >= 11 is 15.4. The van der Waals surface area contributed by atoms with E-state index >= 15 is 0 Å². The zero-order valence-corrected chi connectivity index (χ0v) is 14.4. The molecular formula is C15H15BrCl2N2. The van der Waals surface area contributed by atoms with Crippen LogP contribution in [0.25, 0.3) is 0 Å². The highest BCUT2D eigenvalue weighted by Crippen LogP contribution is 2.29. The van der Waals surface area contributed by atoms with Gasteiger partial charge in [0.25, 0.3) is 0 Å². The van der Waals surface area contributed by atoms with Crippen molar-refractivity contribution in [3.05, 3.63) is 56.2 Å². The molecule has 1 atom stereocenters. The predicted molar refractivity (Wildman–Crippen MR) is 89.8 cm³/mol. The largest absolute Gasteiger partial charge is 0.377 e. The van der Waals surface area contributed by atoms with E-state index in [1.807, 2.05) is 37.3 Å². The second-order valence-electron chi connectivity index (χ2n) is 4.55. The molecule has 1 N–H and O–H groups in total. The Labute approximate surface area is 137 Å². The molecular weight excluding hydrogens is 359 g/mol. The molecule has 2 nitrogen and oxygen atoms in total. The number of rotatable bonds is 4. The SMILES string of the molecule is CCC(Nc1ccc(Br)nc1C)c1ccc(Cl)c(Cl)c1. The number of nitrogens with zero attached hydrogens (tertiary/aromatic N) is 1. The van der Waals surface area contributed by atoms with Crippen molar-refractivity contribution >= 4 is 44.8 Å². The van der Waals surface area contributed by atoms with Crippen molar-refractivity contribution in [1.29, 1.82) is 0 Å². The van der Waals surface area contributed by atoms with Crippen LogP contribution in [0.15, 0.2) is 34.9 Å². The number of hydrogen-bond acceptors (Lipinski definition) is 2. The van der Waals surface area contributed by atoms with Gasteiger partial charge in [-0.3, -0.25) is 0 Å². The van der Waals surface area contributed by atoms with Crippen LogP contribution in [0.1, 0.15) is 30.6 Å². The molecule has 0 fully saturated rings. The standard InChI is InChI=1S/C15H15BrCl2N2/c1-3-13(10-4-5-11(17)12(18)8-10)20-14-6-7-15(16)19-9(14)2/h4-8,13,20H,3H2,1-2H3. The minimum Gasteiger partial charge on any atom is -0.377 e. The number of benzene rings is 1. The molecule has 2 rings (SSSR count). The quantitative estimate of drug-likeness (QED) is 0.662. The smallest absolute Gasteiger partial charge is 0.106 e. The Balaban J connectivity index is 2.26. The lowest BCUT2D eigenvalue weighted by atomic mass is 10.0. The van der Waals surface area contributed by atoms with Gasteiger partial charge in [0.1, 0.15) is 4.60 Å². The first kappa shape index (κ1) is 15.6. The third-order valence-corrected chi connectivity index (χ3v) is 4.32. The van der Waals surface area contributed by atoms with Crippen LogP contribution >= 0.6 is 39.1 Å². The molecule has 0 spiro atoms. The first-order valence-electron chi connectivity index (χ1n) is 6.36. The summed E-state index contributed by atoms with van der Waals surface area (Å²) in [6, 6.07) is 9.86. The summed E-state index contributed by atoms with van der Waals surface area (Å²) in [7, 11) is 0. The van der Waals surface area contributed by atoms with Crippen molar-refractivity contribution < 1.29 is 0 Å². The van der Waals surface area contributed by atoms with Gasteiger partial charge in [-0.15, -0.1) is 0 Å².